The number of rotatable bonds is 9. The average molecular weight is 513 g/mol. The molecule has 0 unspecified atom stereocenters. The number of carbonyl (C=O) groups excluding carboxylic acids is 2. The smallest absolute Gasteiger partial charge is 0.338 e. The molecule has 1 N–H and O–H groups in total. The Bertz CT molecular complexity index is 1080. The van der Waals surface area contributed by atoms with Crippen molar-refractivity contribution in [2.24, 2.45) is 4.99 Å². The van der Waals surface area contributed by atoms with Crippen molar-refractivity contribution >= 4 is 28.8 Å². The third-order valence-corrected chi connectivity index (χ3v) is 7.23. The van der Waals surface area contributed by atoms with E-state index in [4.69, 9.17) is 14.5 Å². The number of amidine groups is 1. The molecule has 0 radical (unpaired) electrons. The van der Waals surface area contributed by atoms with Crippen LogP contribution < -0.4 is 5.32 Å². The maximum atomic E-state index is 13.2. The van der Waals surface area contributed by atoms with Crippen LogP contribution in [0.5, 0.6) is 0 Å². The van der Waals surface area contributed by atoms with E-state index in [1.807, 2.05) is 56.2 Å². The Balaban J connectivity index is 1.48. The van der Waals surface area contributed by atoms with Gasteiger partial charge in [-0.05, 0) is 51.6 Å². The highest BCUT2D eigenvalue weighted by Crippen LogP contribution is 2.45. The Kier molecular flexibility index (Phi) is 8.87. The summed E-state index contributed by atoms with van der Waals surface area (Å²) in [7, 11) is 0. The number of esters is 1. The largest absolute Gasteiger partial charge is 0.459 e. The summed E-state index contributed by atoms with van der Waals surface area (Å²) in [5, 5.41) is 5.80. The molecule has 9 heteroatoms. The van der Waals surface area contributed by atoms with Crippen molar-refractivity contribution in [3.8, 4) is 0 Å². The molecule has 1 amide bonds. The third kappa shape index (κ3) is 6.38. The first kappa shape index (κ1) is 26.4. The summed E-state index contributed by atoms with van der Waals surface area (Å²) in [6, 6.07) is 7.71. The summed E-state index contributed by atoms with van der Waals surface area (Å²) in [6.45, 7) is 12.6. The van der Waals surface area contributed by atoms with Gasteiger partial charge >= 0.3 is 5.97 Å². The molecule has 1 aromatic rings. The van der Waals surface area contributed by atoms with Crippen LogP contribution >= 0.6 is 11.8 Å². The van der Waals surface area contributed by atoms with Crippen LogP contribution in [0, 0.1) is 6.92 Å². The van der Waals surface area contributed by atoms with Crippen LogP contribution in [0.15, 0.2) is 51.6 Å². The van der Waals surface area contributed by atoms with Gasteiger partial charge in [0, 0.05) is 25.3 Å². The summed E-state index contributed by atoms with van der Waals surface area (Å²) in [6.07, 6.45) is 0.874. The fraction of sp³-hybridized carbons (Fsp3) is 0.519. The van der Waals surface area contributed by atoms with Crippen molar-refractivity contribution in [1.29, 1.82) is 0 Å². The van der Waals surface area contributed by atoms with Gasteiger partial charge in [-0.3, -0.25) is 9.69 Å². The summed E-state index contributed by atoms with van der Waals surface area (Å²) in [4.78, 5) is 35.2. The molecule has 4 rings (SSSR count). The SMILES string of the molecule is CC1=C(C(=O)OC(C)C)[C@H](c2cccc(C)c2)N2C(CC(=O)NCCCN3CCOCC3)=CSC2=N1. The van der Waals surface area contributed by atoms with Gasteiger partial charge in [-0.15, -0.1) is 0 Å². The molecular weight excluding hydrogens is 476 g/mol. The van der Waals surface area contributed by atoms with Crippen molar-refractivity contribution in [2.75, 3.05) is 39.4 Å². The number of nitrogens with zero attached hydrogens (tertiary/aromatic N) is 3. The molecule has 3 aliphatic heterocycles. The maximum absolute atomic E-state index is 13.2. The summed E-state index contributed by atoms with van der Waals surface area (Å²) in [5.41, 5.74) is 4.06. The van der Waals surface area contributed by atoms with Gasteiger partial charge < -0.3 is 19.7 Å². The standard InChI is InChI=1S/C27H36N4O4S/c1-18(2)35-26(33)24-20(4)29-27-31(25(24)21-8-5-7-19(3)15-21)22(17-36-27)16-23(32)28-9-6-10-30-11-13-34-14-12-30/h5,7-8,15,17-18,25H,6,9-14,16H2,1-4H3,(H,28,32)/t25-/m0/s1. The lowest BCUT2D eigenvalue weighted by molar-refractivity contribution is -0.143. The predicted octanol–water partition coefficient (Wildman–Crippen LogP) is 3.75. The quantitative estimate of drug-likeness (QED) is 0.399. The molecule has 1 fully saturated rings. The average Bonchev–Trinajstić information content (AvgIpc) is 3.22. The number of nitrogens with one attached hydrogen (secondary N) is 1. The van der Waals surface area contributed by atoms with E-state index in [2.05, 4.69) is 16.3 Å². The van der Waals surface area contributed by atoms with Crippen LogP contribution in [-0.4, -0.2) is 72.3 Å². The van der Waals surface area contributed by atoms with E-state index in [9.17, 15) is 9.59 Å². The Morgan fingerprint density at radius 1 is 1.25 bits per heavy atom. The van der Waals surface area contributed by atoms with Crippen LogP contribution in [0.4, 0.5) is 0 Å². The van der Waals surface area contributed by atoms with E-state index in [0.717, 1.165) is 61.3 Å². The van der Waals surface area contributed by atoms with Crippen molar-refractivity contribution in [2.45, 2.75) is 52.7 Å². The van der Waals surface area contributed by atoms with Gasteiger partial charge in [0.25, 0.3) is 0 Å². The topological polar surface area (TPSA) is 83.5 Å². The Labute approximate surface area is 217 Å². The van der Waals surface area contributed by atoms with Crippen molar-refractivity contribution in [3.05, 3.63) is 57.8 Å². The first-order valence-electron chi connectivity index (χ1n) is 12.6. The molecular formula is C27H36N4O4S. The minimum absolute atomic E-state index is 0.0364. The number of aliphatic imine (C=N–C) groups is 1. The minimum atomic E-state index is -0.404. The van der Waals surface area contributed by atoms with Gasteiger partial charge in [-0.2, -0.15) is 0 Å². The Morgan fingerprint density at radius 2 is 2.03 bits per heavy atom. The van der Waals surface area contributed by atoms with Crippen LogP contribution in [0.25, 0.3) is 0 Å². The normalized spacial score (nSPS) is 20.2. The van der Waals surface area contributed by atoms with Crippen LogP contribution in [0.2, 0.25) is 0 Å². The molecule has 1 atom stereocenters. The van der Waals surface area contributed by atoms with Gasteiger partial charge in [0.2, 0.25) is 5.91 Å². The van der Waals surface area contributed by atoms with Crippen LogP contribution in [0.1, 0.15) is 50.8 Å². The molecule has 3 heterocycles. The number of ether oxygens (including phenoxy) is 2. The van der Waals surface area contributed by atoms with E-state index in [1.54, 1.807) is 0 Å². The maximum Gasteiger partial charge on any atom is 0.338 e. The number of allylic oxidation sites excluding steroid dienone is 1. The van der Waals surface area contributed by atoms with E-state index >= 15 is 0 Å². The number of aryl methyl sites for hydroxylation is 1. The number of benzene rings is 1. The van der Waals surface area contributed by atoms with Crippen LogP contribution in [-0.2, 0) is 19.1 Å². The molecule has 0 bridgehead atoms. The van der Waals surface area contributed by atoms with Gasteiger partial charge in [-0.25, -0.2) is 9.79 Å². The number of amides is 1. The number of hydrogen-bond donors (Lipinski definition) is 1. The highest BCUT2D eigenvalue weighted by Gasteiger charge is 2.41. The van der Waals surface area contributed by atoms with Crippen molar-refractivity contribution < 1.29 is 19.1 Å². The zero-order valence-electron chi connectivity index (χ0n) is 21.6. The monoisotopic (exact) mass is 512 g/mol. The van der Waals surface area contributed by atoms with Gasteiger partial charge in [-0.1, -0.05) is 41.6 Å². The van der Waals surface area contributed by atoms with E-state index < -0.39 is 6.04 Å². The molecule has 8 nitrogen and oxygen atoms in total. The summed E-state index contributed by atoms with van der Waals surface area (Å²) >= 11 is 1.49. The van der Waals surface area contributed by atoms with Gasteiger partial charge in [0.05, 0.1) is 43.1 Å². The zero-order valence-corrected chi connectivity index (χ0v) is 22.4. The first-order valence-corrected chi connectivity index (χ1v) is 13.5. The predicted molar refractivity (Wildman–Crippen MR) is 142 cm³/mol. The van der Waals surface area contributed by atoms with Crippen molar-refractivity contribution in [1.82, 2.24) is 15.1 Å². The molecule has 0 aromatic heterocycles. The number of fused-ring (bicyclic) bond motifs is 1. The fourth-order valence-electron chi connectivity index (χ4n) is 4.65. The van der Waals surface area contributed by atoms with E-state index in [0.29, 0.717) is 17.8 Å². The second kappa shape index (κ2) is 12.1. The molecule has 0 spiro atoms. The second-order valence-corrected chi connectivity index (χ2v) is 10.4. The second-order valence-electron chi connectivity index (χ2n) is 9.60. The fourth-order valence-corrected chi connectivity index (χ4v) is 5.61. The number of carbonyl (C=O) groups is 2. The van der Waals surface area contributed by atoms with Crippen LogP contribution in [0.3, 0.4) is 0 Å². The van der Waals surface area contributed by atoms with Gasteiger partial charge in [0.15, 0.2) is 5.17 Å². The lowest BCUT2D eigenvalue weighted by Gasteiger charge is -2.36. The molecule has 0 saturated carbocycles. The van der Waals surface area contributed by atoms with E-state index in [-0.39, 0.29) is 24.4 Å². The molecule has 1 saturated heterocycles. The van der Waals surface area contributed by atoms with Gasteiger partial charge in [0.1, 0.15) is 0 Å². The molecule has 36 heavy (non-hydrogen) atoms. The first-order chi connectivity index (χ1) is 17.3. The third-order valence-electron chi connectivity index (χ3n) is 6.34. The highest BCUT2D eigenvalue weighted by atomic mass is 32.2. The lowest BCUT2D eigenvalue weighted by atomic mass is 9.93. The van der Waals surface area contributed by atoms with E-state index in [1.165, 1.54) is 11.8 Å². The summed E-state index contributed by atoms with van der Waals surface area (Å²) < 4.78 is 11.0. The number of morpholine rings is 1. The molecule has 194 valence electrons. The highest BCUT2D eigenvalue weighted by molar-refractivity contribution is 8.16. The number of thioether (sulfide) groups is 1. The molecule has 0 aliphatic carbocycles. The Morgan fingerprint density at radius 3 is 2.75 bits per heavy atom. The zero-order chi connectivity index (χ0) is 25.7. The number of hydrogen-bond acceptors (Lipinski definition) is 8. The molecule has 3 aliphatic rings. The Hall–Kier alpha value is -2.62. The lowest BCUT2D eigenvalue weighted by Crippen LogP contribution is -2.39. The molecule has 1 aromatic carbocycles. The van der Waals surface area contributed by atoms with Crippen molar-refractivity contribution in [3.63, 3.8) is 0 Å². The summed E-state index contributed by atoms with van der Waals surface area (Å²) in [5.74, 6) is -0.411. The minimum Gasteiger partial charge on any atom is -0.459 e.